The number of aryl methyl sites for hydroxylation is 1. The molecule has 2 heterocycles. The third-order valence-electron chi connectivity index (χ3n) is 5.71. The van der Waals surface area contributed by atoms with E-state index in [1.54, 1.807) is 11.8 Å². The monoisotopic (exact) mass is 451 g/mol. The molecule has 4 rings (SSSR count). The summed E-state index contributed by atoms with van der Waals surface area (Å²) >= 11 is 6.10. The molecule has 0 aliphatic carbocycles. The SMILES string of the molecule is Cc1cc(=O)c(OCC(=O)N2CCN(C(c3ccccc3)c3ccc(Cl)cc3)CC2)c[nH]1. The molecule has 1 aromatic heterocycles. The zero-order valence-corrected chi connectivity index (χ0v) is 18.7. The Morgan fingerprint density at radius 3 is 2.34 bits per heavy atom. The zero-order valence-electron chi connectivity index (χ0n) is 18.0. The maximum atomic E-state index is 12.7. The number of hydrogen-bond donors (Lipinski definition) is 1. The molecule has 0 spiro atoms. The van der Waals surface area contributed by atoms with Crippen LogP contribution in [-0.4, -0.2) is 53.5 Å². The third-order valence-corrected chi connectivity index (χ3v) is 5.96. The van der Waals surface area contributed by atoms with Gasteiger partial charge in [-0.2, -0.15) is 0 Å². The Morgan fingerprint density at radius 1 is 1.03 bits per heavy atom. The summed E-state index contributed by atoms with van der Waals surface area (Å²) in [5.74, 6) is 0.0434. The second-order valence-corrected chi connectivity index (χ2v) is 8.35. The number of H-pyrrole nitrogens is 1. The number of pyridine rings is 1. The number of carbonyl (C=O) groups is 1. The van der Waals surface area contributed by atoms with Crippen LogP contribution in [0, 0.1) is 6.92 Å². The molecular weight excluding hydrogens is 426 g/mol. The van der Waals surface area contributed by atoms with Gasteiger partial charge in [0.05, 0.1) is 6.04 Å². The molecule has 0 radical (unpaired) electrons. The summed E-state index contributed by atoms with van der Waals surface area (Å²) in [5, 5.41) is 0.711. The standard InChI is InChI=1S/C25H26ClN3O3/c1-18-15-22(30)23(16-27-18)32-17-24(31)28-11-13-29(14-12-28)25(19-5-3-2-4-6-19)20-7-9-21(26)10-8-20/h2-10,15-16,25H,11-14,17H2,1H3,(H,27,30). The number of amides is 1. The fraction of sp³-hybridized carbons (Fsp3) is 0.280. The minimum atomic E-state index is -0.229. The summed E-state index contributed by atoms with van der Waals surface area (Å²) in [6.07, 6.45) is 1.50. The molecule has 6 nitrogen and oxygen atoms in total. The summed E-state index contributed by atoms with van der Waals surface area (Å²) in [7, 11) is 0. The first kappa shape index (κ1) is 22.1. The maximum Gasteiger partial charge on any atom is 0.260 e. The van der Waals surface area contributed by atoms with Crippen molar-refractivity contribution >= 4 is 17.5 Å². The van der Waals surface area contributed by atoms with Gasteiger partial charge < -0.3 is 14.6 Å². The molecule has 7 heteroatoms. The van der Waals surface area contributed by atoms with E-state index in [0.29, 0.717) is 18.1 Å². The fourth-order valence-electron chi connectivity index (χ4n) is 4.03. The van der Waals surface area contributed by atoms with Gasteiger partial charge in [0.1, 0.15) is 0 Å². The minimum Gasteiger partial charge on any atom is -0.478 e. The highest BCUT2D eigenvalue weighted by Crippen LogP contribution is 2.30. The van der Waals surface area contributed by atoms with Crippen molar-refractivity contribution in [1.29, 1.82) is 0 Å². The molecule has 1 aliphatic heterocycles. The number of aromatic nitrogens is 1. The largest absolute Gasteiger partial charge is 0.478 e. The third kappa shape index (κ3) is 5.21. The Morgan fingerprint density at radius 2 is 1.69 bits per heavy atom. The van der Waals surface area contributed by atoms with E-state index in [1.807, 2.05) is 30.3 Å². The quantitative estimate of drug-likeness (QED) is 0.621. The van der Waals surface area contributed by atoms with Crippen LogP contribution in [0.5, 0.6) is 5.75 Å². The van der Waals surface area contributed by atoms with Gasteiger partial charge in [-0.05, 0) is 30.2 Å². The number of nitrogens with one attached hydrogen (secondary N) is 1. The Balaban J connectivity index is 1.41. The van der Waals surface area contributed by atoms with E-state index in [1.165, 1.54) is 23.4 Å². The topological polar surface area (TPSA) is 65.6 Å². The summed E-state index contributed by atoms with van der Waals surface area (Å²) in [6, 6.07) is 19.9. The number of benzene rings is 2. The van der Waals surface area contributed by atoms with Gasteiger partial charge in [0, 0.05) is 49.2 Å². The van der Waals surface area contributed by atoms with E-state index in [9.17, 15) is 9.59 Å². The molecule has 1 saturated heterocycles. The van der Waals surface area contributed by atoms with Gasteiger partial charge in [-0.1, -0.05) is 54.1 Å². The van der Waals surface area contributed by atoms with Crippen LogP contribution in [0.2, 0.25) is 5.02 Å². The molecule has 1 atom stereocenters. The average molecular weight is 452 g/mol. The summed E-state index contributed by atoms with van der Waals surface area (Å²) in [5.41, 5.74) is 2.89. The smallest absolute Gasteiger partial charge is 0.260 e. The molecule has 1 unspecified atom stereocenters. The molecule has 0 saturated carbocycles. The lowest BCUT2D eigenvalue weighted by Gasteiger charge is -2.39. The summed E-state index contributed by atoms with van der Waals surface area (Å²) in [6.45, 7) is 4.32. The van der Waals surface area contributed by atoms with Crippen molar-refractivity contribution in [3.63, 3.8) is 0 Å². The van der Waals surface area contributed by atoms with Gasteiger partial charge in [0.25, 0.3) is 5.91 Å². The van der Waals surface area contributed by atoms with E-state index < -0.39 is 0 Å². The van der Waals surface area contributed by atoms with Gasteiger partial charge in [-0.3, -0.25) is 14.5 Å². The lowest BCUT2D eigenvalue weighted by atomic mass is 9.96. The molecule has 0 bridgehead atoms. The molecule has 32 heavy (non-hydrogen) atoms. The van der Waals surface area contributed by atoms with E-state index >= 15 is 0 Å². The molecule has 1 amide bonds. The minimum absolute atomic E-state index is 0.0908. The molecule has 1 N–H and O–H groups in total. The number of aromatic amines is 1. The van der Waals surface area contributed by atoms with Crippen molar-refractivity contribution in [2.45, 2.75) is 13.0 Å². The van der Waals surface area contributed by atoms with Crippen molar-refractivity contribution in [1.82, 2.24) is 14.8 Å². The predicted octanol–water partition coefficient (Wildman–Crippen LogP) is 3.65. The van der Waals surface area contributed by atoms with Crippen molar-refractivity contribution in [2.75, 3.05) is 32.8 Å². The van der Waals surface area contributed by atoms with Crippen LogP contribution in [0.15, 0.2) is 71.7 Å². The Hall–Kier alpha value is -3.09. The molecule has 1 aliphatic rings. The molecule has 1 fully saturated rings. The number of carbonyl (C=O) groups excluding carboxylic acids is 1. The van der Waals surface area contributed by atoms with E-state index in [4.69, 9.17) is 16.3 Å². The lowest BCUT2D eigenvalue weighted by molar-refractivity contribution is -0.135. The Kier molecular flexibility index (Phi) is 6.93. The van der Waals surface area contributed by atoms with Crippen LogP contribution in [-0.2, 0) is 4.79 Å². The number of halogens is 1. The maximum absolute atomic E-state index is 12.7. The average Bonchev–Trinajstić information content (AvgIpc) is 2.81. The van der Waals surface area contributed by atoms with E-state index in [-0.39, 0.29) is 29.7 Å². The molecule has 166 valence electrons. The highest BCUT2D eigenvalue weighted by molar-refractivity contribution is 6.30. The number of nitrogens with zero attached hydrogens (tertiary/aromatic N) is 2. The summed E-state index contributed by atoms with van der Waals surface area (Å²) < 4.78 is 5.47. The van der Waals surface area contributed by atoms with Crippen LogP contribution in [0.3, 0.4) is 0 Å². The van der Waals surface area contributed by atoms with Crippen molar-refractivity contribution in [3.8, 4) is 5.75 Å². The van der Waals surface area contributed by atoms with E-state index in [0.717, 1.165) is 18.8 Å². The highest BCUT2D eigenvalue weighted by atomic mass is 35.5. The number of rotatable bonds is 6. The van der Waals surface area contributed by atoms with Gasteiger partial charge in [-0.25, -0.2) is 0 Å². The van der Waals surface area contributed by atoms with Crippen LogP contribution in [0.25, 0.3) is 0 Å². The van der Waals surface area contributed by atoms with Gasteiger partial charge in [0.15, 0.2) is 12.4 Å². The van der Waals surface area contributed by atoms with Crippen LogP contribution >= 0.6 is 11.6 Å². The molecule has 3 aromatic rings. The van der Waals surface area contributed by atoms with E-state index in [2.05, 4.69) is 34.1 Å². The second kappa shape index (κ2) is 10.0. The summed E-state index contributed by atoms with van der Waals surface area (Å²) in [4.78, 5) is 31.7. The van der Waals surface area contributed by atoms with Gasteiger partial charge >= 0.3 is 0 Å². The first-order valence-corrected chi connectivity index (χ1v) is 11.0. The lowest BCUT2D eigenvalue weighted by Crippen LogP contribution is -2.51. The van der Waals surface area contributed by atoms with Crippen LogP contribution in [0.4, 0.5) is 0 Å². The van der Waals surface area contributed by atoms with Gasteiger partial charge in [-0.15, -0.1) is 0 Å². The predicted molar refractivity (Wildman–Crippen MR) is 125 cm³/mol. The van der Waals surface area contributed by atoms with Crippen molar-refractivity contribution in [3.05, 3.63) is 98.9 Å². The molecule has 2 aromatic carbocycles. The first-order valence-electron chi connectivity index (χ1n) is 10.7. The Bertz CT molecular complexity index is 1110. The van der Waals surface area contributed by atoms with Crippen molar-refractivity contribution < 1.29 is 9.53 Å². The number of piperazine rings is 1. The normalized spacial score (nSPS) is 15.4. The number of ether oxygens (including phenoxy) is 1. The van der Waals surface area contributed by atoms with Crippen molar-refractivity contribution in [2.24, 2.45) is 0 Å². The first-order chi connectivity index (χ1) is 15.5. The van der Waals surface area contributed by atoms with Gasteiger partial charge in [0.2, 0.25) is 5.43 Å². The molecular formula is C25H26ClN3O3. The second-order valence-electron chi connectivity index (χ2n) is 7.91. The highest BCUT2D eigenvalue weighted by Gasteiger charge is 2.28. The Labute approximate surface area is 192 Å². The zero-order chi connectivity index (χ0) is 22.5. The number of hydrogen-bond acceptors (Lipinski definition) is 4. The fourth-order valence-corrected chi connectivity index (χ4v) is 4.15. The van der Waals surface area contributed by atoms with Crippen LogP contribution in [0.1, 0.15) is 22.9 Å². The van der Waals surface area contributed by atoms with Crippen LogP contribution < -0.4 is 10.2 Å².